The number of carbonyl (C=O) groups excluding carboxylic acids is 1. The zero-order chi connectivity index (χ0) is 15.0. The molecule has 0 spiro atoms. The molecule has 1 rings (SSSR count). The van der Waals surface area contributed by atoms with Crippen LogP contribution in [0, 0.1) is 5.92 Å². The van der Waals surface area contributed by atoms with Gasteiger partial charge in [0.2, 0.25) is 5.91 Å². The van der Waals surface area contributed by atoms with Crippen molar-refractivity contribution < 1.29 is 4.79 Å². The van der Waals surface area contributed by atoms with Crippen LogP contribution in [0.5, 0.6) is 0 Å². The number of nitrogens with one attached hydrogen (secondary N) is 2. The maximum absolute atomic E-state index is 12.0. The first-order chi connectivity index (χ1) is 9.56. The standard InChI is InChI=1S/C15H17ClN2OS/c1-3-4-5-6-11(2)15(19)18-14-8-12(16)7-13(9-14)17-10-20/h3-11H,1-2H3,(H,17,20)(H,18,19)/b4-3-,6-5-. The molecule has 106 valence electrons. The second-order valence-electron chi connectivity index (χ2n) is 4.18. The molecule has 1 aromatic carbocycles. The third-order valence-electron chi connectivity index (χ3n) is 2.51. The molecule has 0 aliphatic heterocycles. The number of hydrogen-bond donors (Lipinski definition) is 2. The minimum atomic E-state index is -0.230. The fourth-order valence-electron chi connectivity index (χ4n) is 1.50. The Hall–Kier alpha value is -1.65. The Morgan fingerprint density at radius 1 is 1.30 bits per heavy atom. The largest absolute Gasteiger partial charge is 0.353 e. The Bertz CT molecular complexity index is 541. The van der Waals surface area contributed by atoms with Crippen LogP contribution in [-0.2, 0) is 4.79 Å². The van der Waals surface area contributed by atoms with E-state index in [1.165, 1.54) is 5.49 Å². The average molecular weight is 309 g/mol. The summed E-state index contributed by atoms with van der Waals surface area (Å²) in [7, 11) is 0. The van der Waals surface area contributed by atoms with Crippen molar-refractivity contribution >= 4 is 46.6 Å². The second-order valence-corrected chi connectivity index (χ2v) is 4.85. The Kier molecular flexibility index (Phi) is 6.98. The van der Waals surface area contributed by atoms with E-state index in [0.29, 0.717) is 10.7 Å². The molecule has 1 atom stereocenters. The number of rotatable bonds is 6. The topological polar surface area (TPSA) is 41.1 Å². The number of hydrogen-bond acceptors (Lipinski definition) is 2. The van der Waals surface area contributed by atoms with Crippen molar-refractivity contribution in [2.75, 3.05) is 10.6 Å². The van der Waals surface area contributed by atoms with Gasteiger partial charge in [-0.25, -0.2) is 0 Å². The molecule has 3 nitrogen and oxygen atoms in total. The molecule has 0 heterocycles. The number of halogens is 1. The molecule has 0 aromatic heterocycles. The lowest BCUT2D eigenvalue weighted by Gasteiger charge is -2.10. The van der Waals surface area contributed by atoms with Crippen molar-refractivity contribution in [3.8, 4) is 0 Å². The van der Waals surface area contributed by atoms with Gasteiger partial charge in [0.1, 0.15) is 0 Å². The van der Waals surface area contributed by atoms with Crippen molar-refractivity contribution in [2.45, 2.75) is 13.8 Å². The van der Waals surface area contributed by atoms with Crippen LogP contribution in [0.1, 0.15) is 13.8 Å². The minimum Gasteiger partial charge on any atom is -0.353 e. The molecule has 0 aliphatic rings. The Balaban J connectivity index is 2.76. The molecule has 1 aromatic rings. The normalized spacial score (nSPS) is 12.6. The summed E-state index contributed by atoms with van der Waals surface area (Å²) in [5, 5.41) is 6.21. The van der Waals surface area contributed by atoms with E-state index in [4.69, 9.17) is 23.8 Å². The molecule has 2 N–H and O–H groups in total. The van der Waals surface area contributed by atoms with E-state index in [9.17, 15) is 4.79 Å². The number of thiocarbonyl (C=S) groups is 1. The molecule has 0 saturated heterocycles. The van der Waals surface area contributed by atoms with Crippen molar-refractivity contribution in [2.24, 2.45) is 5.92 Å². The first-order valence-corrected chi connectivity index (χ1v) is 7.03. The van der Waals surface area contributed by atoms with Gasteiger partial charge < -0.3 is 10.6 Å². The van der Waals surface area contributed by atoms with Gasteiger partial charge in [0.15, 0.2) is 0 Å². The molecule has 0 aliphatic carbocycles. The van der Waals surface area contributed by atoms with E-state index in [2.05, 4.69) is 10.6 Å². The van der Waals surface area contributed by atoms with Crippen LogP contribution < -0.4 is 10.6 Å². The summed E-state index contributed by atoms with van der Waals surface area (Å²) >= 11 is 10.7. The quantitative estimate of drug-likeness (QED) is 0.604. The highest BCUT2D eigenvalue weighted by Crippen LogP contribution is 2.22. The van der Waals surface area contributed by atoms with Crippen LogP contribution in [-0.4, -0.2) is 11.4 Å². The number of allylic oxidation sites excluding steroid dienone is 3. The van der Waals surface area contributed by atoms with Crippen LogP contribution in [0.2, 0.25) is 5.02 Å². The summed E-state index contributed by atoms with van der Waals surface area (Å²) in [5.74, 6) is -0.326. The summed E-state index contributed by atoms with van der Waals surface area (Å²) in [6, 6.07) is 5.20. The number of benzene rings is 1. The van der Waals surface area contributed by atoms with E-state index in [1.807, 2.05) is 38.2 Å². The van der Waals surface area contributed by atoms with E-state index >= 15 is 0 Å². The van der Waals surface area contributed by atoms with Crippen LogP contribution >= 0.6 is 23.8 Å². The van der Waals surface area contributed by atoms with E-state index < -0.39 is 0 Å². The molecular formula is C15H17ClN2OS. The average Bonchev–Trinajstić information content (AvgIpc) is 2.38. The highest BCUT2D eigenvalue weighted by molar-refractivity contribution is 7.79. The number of amides is 1. The van der Waals surface area contributed by atoms with Gasteiger partial charge >= 0.3 is 0 Å². The van der Waals surface area contributed by atoms with Crippen LogP contribution in [0.4, 0.5) is 11.4 Å². The fourth-order valence-corrected chi connectivity index (χ4v) is 1.87. The predicted octanol–water partition coefficient (Wildman–Crippen LogP) is 4.42. The highest BCUT2D eigenvalue weighted by atomic mass is 35.5. The maximum Gasteiger partial charge on any atom is 0.231 e. The van der Waals surface area contributed by atoms with Gasteiger partial charge in [-0.15, -0.1) is 0 Å². The fraction of sp³-hybridized carbons (Fsp3) is 0.200. The molecule has 0 saturated carbocycles. The molecule has 0 fully saturated rings. The monoisotopic (exact) mass is 308 g/mol. The Morgan fingerprint density at radius 2 is 2.00 bits per heavy atom. The zero-order valence-corrected chi connectivity index (χ0v) is 13.0. The number of carbonyl (C=O) groups is 1. The SMILES string of the molecule is C/C=C\C=C/C(C)C(=O)Nc1cc(Cl)cc(NC=S)c1. The molecule has 0 radical (unpaired) electrons. The third kappa shape index (κ3) is 5.55. The second kappa shape index (κ2) is 8.51. The molecule has 5 heteroatoms. The Labute approximate surface area is 129 Å². The van der Waals surface area contributed by atoms with Crippen molar-refractivity contribution in [1.82, 2.24) is 0 Å². The van der Waals surface area contributed by atoms with Crippen molar-refractivity contribution in [3.05, 3.63) is 47.5 Å². The van der Waals surface area contributed by atoms with Gasteiger partial charge in [-0.1, -0.05) is 55.0 Å². The van der Waals surface area contributed by atoms with Crippen LogP contribution in [0.25, 0.3) is 0 Å². The summed E-state index contributed by atoms with van der Waals surface area (Å²) < 4.78 is 0. The third-order valence-corrected chi connectivity index (χ3v) is 2.84. The first-order valence-electron chi connectivity index (χ1n) is 6.18. The van der Waals surface area contributed by atoms with Gasteiger partial charge in [-0.2, -0.15) is 0 Å². The molecular weight excluding hydrogens is 292 g/mol. The van der Waals surface area contributed by atoms with Crippen LogP contribution in [0.15, 0.2) is 42.5 Å². The van der Waals surface area contributed by atoms with Gasteiger partial charge in [-0.05, 0) is 25.1 Å². The molecule has 1 unspecified atom stereocenters. The smallest absolute Gasteiger partial charge is 0.231 e. The van der Waals surface area contributed by atoms with E-state index in [1.54, 1.807) is 18.2 Å². The Morgan fingerprint density at radius 3 is 2.65 bits per heavy atom. The van der Waals surface area contributed by atoms with Gasteiger partial charge in [0.25, 0.3) is 0 Å². The van der Waals surface area contributed by atoms with Gasteiger partial charge in [0.05, 0.1) is 11.4 Å². The summed E-state index contributed by atoms with van der Waals surface area (Å²) in [5.41, 5.74) is 2.76. The van der Waals surface area contributed by atoms with E-state index in [-0.39, 0.29) is 11.8 Å². The summed E-state index contributed by atoms with van der Waals surface area (Å²) in [6.45, 7) is 3.75. The maximum atomic E-state index is 12.0. The number of anilines is 2. The highest BCUT2D eigenvalue weighted by Gasteiger charge is 2.10. The molecule has 20 heavy (non-hydrogen) atoms. The van der Waals surface area contributed by atoms with Gasteiger partial charge in [0, 0.05) is 16.4 Å². The van der Waals surface area contributed by atoms with Crippen molar-refractivity contribution in [1.29, 1.82) is 0 Å². The van der Waals surface area contributed by atoms with E-state index in [0.717, 1.165) is 5.69 Å². The lowest BCUT2D eigenvalue weighted by molar-refractivity contribution is -0.118. The lowest BCUT2D eigenvalue weighted by atomic mass is 10.1. The lowest BCUT2D eigenvalue weighted by Crippen LogP contribution is -2.18. The van der Waals surface area contributed by atoms with Crippen LogP contribution in [0.3, 0.4) is 0 Å². The minimum absolute atomic E-state index is 0.0960. The first kappa shape index (κ1) is 16.4. The van der Waals surface area contributed by atoms with Gasteiger partial charge in [-0.3, -0.25) is 4.79 Å². The molecule has 0 bridgehead atoms. The zero-order valence-electron chi connectivity index (χ0n) is 11.4. The van der Waals surface area contributed by atoms with Crippen molar-refractivity contribution in [3.63, 3.8) is 0 Å². The summed E-state index contributed by atoms with van der Waals surface area (Å²) in [6.07, 6.45) is 7.46. The summed E-state index contributed by atoms with van der Waals surface area (Å²) in [4.78, 5) is 12.0. The predicted molar refractivity (Wildman–Crippen MR) is 90.5 cm³/mol. The molecule has 1 amide bonds.